The Labute approximate surface area is 202 Å². The van der Waals surface area contributed by atoms with Crippen LogP contribution in [0.5, 0.6) is 0 Å². The number of amides is 1. The lowest BCUT2D eigenvalue weighted by Crippen LogP contribution is -2.75. The van der Waals surface area contributed by atoms with Crippen LogP contribution in [-0.2, 0) is 15.7 Å². The van der Waals surface area contributed by atoms with Gasteiger partial charge < -0.3 is 10.1 Å². The maximum Gasteiger partial charge on any atom is 0.416 e. The number of pyridine rings is 1. The molecule has 2 aromatic rings. The molecule has 36 heavy (non-hydrogen) atoms. The van der Waals surface area contributed by atoms with Crippen LogP contribution in [-0.4, -0.2) is 41.1 Å². The summed E-state index contributed by atoms with van der Waals surface area (Å²) in [7, 11) is 0. The minimum Gasteiger partial charge on any atom is -0.370 e. The first-order valence-corrected chi connectivity index (χ1v) is 11.7. The van der Waals surface area contributed by atoms with Crippen LogP contribution in [0, 0.1) is 11.3 Å². The average molecular weight is 514 g/mol. The number of hydrogen-bond donors (Lipinski definition) is 1. The number of nitrogens with zero attached hydrogens (tertiary/aromatic N) is 1. The lowest BCUT2D eigenvalue weighted by atomic mass is 9.38. The SMILES string of the molecule is O=C(COC1CC(CC(F)(F)F)C1)CC12CC(NC(=O)c3ccc4cc(C(F)(F)F)ccc4n3)(C1)C2. The van der Waals surface area contributed by atoms with Gasteiger partial charge in [0.15, 0.2) is 5.78 Å². The van der Waals surface area contributed by atoms with E-state index in [9.17, 15) is 35.9 Å². The highest BCUT2D eigenvalue weighted by Crippen LogP contribution is 2.69. The third-order valence-electron chi connectivity index (χ3n) is 7.53. The van der Waals surface area contributed by atoms with Gasteiger partial charge in [0, 0.05) is 23.8 Å². The van der Waals surface area contributed by atoms with Gasteiger partial charge in [-0.3, -0.25) is 9.59 Å². The second-order valence-corrected chi connectivity index (χ2v) is 10.7. The number of nitrogens with one attached hydrogen (secondary N) is 1. The first-order chi connectivity index (χ1) is 16.7. The van der Waals surface area contributed by atoms with Crippen LogP contribution >= 0.6 is 0 Å². The molecule has 0 unspecified atom stereocenters. The maximum absolute atomic E-state index is 12.9. The molecule has 1 heterocycles. The molecule has 1 aromatic heterocycles. The Morgan fingerprint density at radius 1 is 1.03 bits per heavy atom. The van der Waals surface area contributed by atoms with Crippen molar-refractivity contribution >= 4 is 22.6 Å². The second-order valence-electron chi connectivity index (χ2n) is 10.7. The van der Waals surface area contributed by atoms with Gasteiger partial charge in [0.25, 0.3) is 5.91 Å². The Bertz CT molecular complexity index is 1180. The van der Waals surface area contributed by atoms with Crippen LogP contribution < -0.4 is 5.32 Å². The van der Waals surface area contributed by atoms with Crippen LogP contribution in [0.4, 0.5) is 26.3 Å². The molecular formula is C25H24F6N2O3. The number of alkyl halides is 6. The molecule has 2 bridgehead atoms. The summed E-state index contributed by atoms with van der Waals surface area (Å²) in [5.74, 6) is -0.942. The molecule has 1 amide bonds. The number of halogens is 6. The number of benzene rings is 1. The third kappa shape index (κ3) is 5.07. The largest absolute Gasteiger partial charge is 0.416 e. The fraction of sp³-hybridized carbons (Fsp3) is 0.560. The van der Waals surface area contributed by atoms with Gasteiger partial charge in [-0.05, 0) is 67.7 Å². The molecule has 11 heteroatoms. The normalized spacial score (nSPS) is 29.2. The number of ether oxygens (including phenoxy) is 1. The minimum absolute atomic E-state index is 0.0941. The van der Waals surface area contributed by atoms with Gasteiger partial charge in [-0.15, -0.1) is 0 Å². The summed E-state index contributed by atoms with van der Waals surface area (Å²) < 4.78 is 81.2. The first kappa shape index (κ1) is 25.0. The Morgan fingerprint density at radius 2 is 1.72 bits per heavy atom. The van der Waals surface area contributed by atoms with Gasteiger partial charge in [0.05, 0.1) is 17.2 Å². The van der Waals surface area contributed by atoms with E-state index in [1.54, 1.807) is 0 Å². The van der Waals surface area contributed by atoms with Crippen molar-refractivity contribution in [3.8, 4) is 0 Å². The van der Waals surface area contributed by atoms with Crippen LogP contribution in [0.3, 0.4) is 0 Å². The molecule has 0 saturated heterocycles. The van der Waals surface area contributed by atoms with Gasteiger partial charge in [-0.1, -0.05) is 6.07 Å². The number of rotatable bonds is 8. The summed E-state index contributed by atoms with van der Waals surface area (Å²) in [5, 5.41) is 3.23. The highest BCUT2D eigenvalue weighted by Gasteiger charge is 2.68. The number of Topliss-reactive ketones (excluding diaryl/α,β-unsaturated/α-hetero) is 1. The Kier molecular flexibility index (Phi) is 5.85. The van der Waals surface area contributed by atoms with E-state index in [1.165, 1.54) is 18.2 Å². The molecule has 0 spiro atoms. The van der Waals surface area contributed by atoms with E-state index in [0.29, 0.717) is 38.5 Å². The molecule has 0 atom stereocenters. The Morgan fingerprint density at radius 3 is 2.36 bits per heavy atom. The Hall–Kier alpha value is -2.69. The summed E-state index contributed by atoms with van der Waals surface area (Å²) in [6.45, 7) is -0.110. The van der Waals surface area contributed by atoms with Gasteiger partial charge in [-0.25, -0.2) is 4.98 Å². The number of aromatic nitrogens is 1. The van der Waals surface area contributed by atoms with Crippen molar-refractivity contribution in [1.29, 1.82) is 0 Å². The van der Waals surface area contributed by atoms with Crippen molar-refractivity contribution in [3.05, 3.63) is 41.6 Å². The van der Waals surface area contributed by atoms with Crippen molar-refractivity contribution < 1.29 is 40.7 Å². The van der Waals surface area contributed by atoms with Crippen LogP contribution in [0.15, 0.2) is 30.3 Å². The molecule has 6 rings (SSSR count). The van der Waals surface area contributed by atoms with Gasteiger partial charge in [0.1, 0.15) is 12.3 Å². The fourth-order valence-corrected chi connectivity index (χ4v) is 6.04. The number of carbonyl (C=O) groups is 2. The molecule has 194 valence electrons. The average Bonchev–Trinajstić information content (AvgIpc) is 2.70. The van der Waals surface area contributed by atoms with E-state index in [1.807, 2.05) is 0 Å². The van der Waals surface area contributed by atoms with E-state index in [4.69, 9.17) is 4.74 Å². The van der Waals surface area contributed by atoms with Crippen molar-refractivity contribution in [2.45, 2.75) is 68.9 Å². The van der Waals surface area contributed by atoms with E-state index in [0.717, 1.165) is 12.1 Å². The van der Waals surface area contributed by atoms with E-state index >= 15 is 0 Å². The first-order valence-electron chi connectivity index (χ1n) is 11.7. The predicted molar refractivity (Wildman–Crippen MR) is 116 cm³/mol. The lowest BCUT2D eigenvalue weighted by molar-refractivity contribution is -0.172. The van der Waals surface area contributed by atoms with Crippen molar-refractivity contribution in [2.75, 3.05) is 6.61 Å². The van der Waals surface area contributed by atoms with Gasteiger partial charge >= 0.3 is 12.4 Å². The minimum atomic E-state index is -4.46. The van der Waals surface area contributed by atoms with Crippen LogP contribution in [0.1, 0.15) is 61.0 Å². The van der Waals surface area contributed by atoms with Crippen LogP contribution in [0.2, 0.25) is 0 Å². The number of ketones is 1. The standard InChI is InChI=1S/C25H24F6N2O3/c26-24(27,28)8-14-5-18(6-14)36-10-17(34)9-22-11-23(12-22,13-22)33-21(35)20-3-1-15-7-16(25(29,30)31)2-4-19(15)32-20/h1-4,7,14,18H,5-6,8-13H2,(H,33,35). The molecule has 5 nitrogen and oxygen atoms in total. The fourth-order valence-electron chi connectivity index (χ4n) is 6.04. The molecule has 1 N–H and O–H groups in total. The number of carbonyl (C=O) groups excluding carboxylic acids is 2. The molecular weight excluding hydrogens is 490 g/mol. The lowest BCUT2D eigenvalue weighted by Gasteiger charge is -2.70. The zero-order valence-electron chi connectivity index (χ0n) is 19.1. The van der Waals surface area contributed by atoms with E-state index in [-0.39, 0.29) is 40.5 Å². The molecule has 0 aliphatic heterocycles. The molecule has 4 aliphatic carbocycles. The predicted octanol–water partition coefficient (Wildman–Crippen LogP) is 5.61. The van der Waals surface area contributed by atoms with E-state index < -0.39 is 41.7 Å². The van der Waals surface area contributed by atoms with Crippen molar-refractivity contribution in [2.24, 2.45) is 11.3 Å². The topological polar surface area (TPSA) is 68.3 Å². The van der Waals surface area contributed by atoms with Gasteiger partial charge in [0.2, 0.25) is 0 Å². The summed E-state index contributed by atoms with van der Waals surface area (Å²) in [6.07, 6.45) is -6.90. The van der Waals surface area contributed by atoms with Crippen molar-refractivity contribution in [1.82, 2.24) is 10.3 Å². The quantitative estimate of drug-likeness (QED) is 0.465. The highest BCUT2D eigenvalue weighted by molar-refractivity contribution is 5.95. The van der Waals surface area contributed by atoms with Gasteiger partial charge in [-0.2, -0.15) is 26.3 Å². The highest BCUT2D eigenvalue weighted by atomic mass is 19.4. The Balaban J connectivity index is 1.07. The van der Waals surface area contributed by atoms with Crippen molar-refractivity contribution in [3.63, 3.8) is 0 Å². The summed E-state index contributed by atoms with van der Waals surface area (Å²) in [4.78, 5) is 29.2. The third-order valence-corrected chi connectivity index (χ3v) is 7.53. The molecule has 0 radical (unpaired) electrons. The summed E-state index contributed by atoms with van der Waals surface area (Å²) in [5.41, 5.74) is -0.988. The van der Waals surface area contributed by atoms with E-state index in [2.05, 4.69) is 10.3 Å². The summed E-state index contributed by atoms with van der Waals surface area (Å²) in [6, 6.07) is 5.97. The molecule has 4 aliphatic rings. The monoisotopic (exact) mass is 514 g/mol. The number of fused-ring (bicyclic) bond motifs is 1. The zero-order valence-corrected chi connectivity index (χ0v) is 19.1. The molecule has 1 aromatic carbocycles. The smallest absolute Gasteiger partial charge is 0.370 e. The molecule has 4 saturated carbocycles. The zero-order chi connectivity index (χ0) is 25.9. The summed E-state index contributed by atoms with van der Waals surface area (Å²) >= 11 is 0. The second kappa shape index (κ2) is 8.43. The molecule has 4 fully saturated rings. The maximum atomic E-state index is 12.9. The van der Waals surface area contributed by atoms with Crippen LogP contribution in [0.25, 0.3) is 10.9 Å². The number of hydrogen-bond acceptors (Lipinski definition) is 4.